The molecule has 1 aliphatic heterocycles. The fourth-order valence-electron chi connectivity index (χ4n) is 3.47. The Balaban J connectivity index is 1.30. The maximum Gasteiger partial charge on any atom is 0.258 e. The molecule has 9 heteroatoms. The summed E-state index contributed by atoms with van der Waals surface area (Å²) in [6.07, 6.45) is 3.63. The molecule has 0 bridgehead atoms. The second kappa shape index (κ2) is 9.51. The lowest BCUT2D eigenvalue weighted by Gasteiger charge is -2.34. The maximum atomic E-state index is 13.8. The van der Waals surface area contributed by atoms with E-state index in [-0.39, 0.29) is 17.9 Å². The molecule has 2 amide bonds. The van der Waals surface area contributed by atoms with Crippen molar-refractivity contribution < 1.29 is 18.4 Å². The summed E-state index contributed by atoms with van der Waals surface area (Å²) in [6, 6.07) is 11.3. The molecule has 0 spiro atoms. The number of carbonyl (C=O) groups excluding carboxylic acids is 2. The highest BCUT2D eigenvalue weighted by Crippen LogP contribution is 2.16. The molecule has 0 unspecified atom stereocenters. The van der Waals surface area contributed by atoms with Crippen molar-refractivity contribution in [1.82, 2.24) is 14.9 Å². The number of piperazine rings is 1. The molecule has 164 valence electrons. The zero-order valence-corrected chi connectivity index (χ0v) is 17.2. The van der Waals surface area contributed by atoms with Gasteiger partial charge in [0.05, 0.1) is 12.0 Å². The Labute approximate surface area is 183 Å². The van der Waals surface area contributed by atoms with Crippen LogP contribution in [0.2, 0.25) is 0 Å². The predicted octanol–water partition coefficient (Wildman–Crippen LogP) is 2.90. The Morgan fingerprint density at radius 1 is 0.938 bits per heavy atom. The van der Waals surface area contributed by atoms with Gasteiger partial charge in [-0.1, -0.05) is 12.1 Å². The Bertz CT molecular complexity index is 1100. The minimum atomic E-state index is -0.927. The van der Waals surface area contributed by atoms with E-state index in [0.29, 0.717) is 43.9 Å². The number of hydrogen-bond acceptors (Lipinski definition) is 5. The number of nitrogens with zero attached hydrogens (tertiary/aromatic N) is 4. The molecule has 1 fully saturated rings. The molecule has 1 aromatic heterocycles. The summed E-state index contributed by atoms with van der Waals surface area (Å²) in [5, 5.41) is 2.57. The van der Waals surface area contributed by atoms with Crippen molar-refractivity contribution in [3.8, 4) is 0 Å². The number of carbonyl (C=O) groups is 2. The van der Waals surface area contributed by atoms with E-state index < -0.39 is 17.5 Å². The van der Waals surface area contributed by atoms with Crippen molar-refractivity contribution in [2.24, 2.45) is 0 Å². The number of hydrogen-bond donors (Lipinski definition) is 1. The SMILES string of the molecule is O=C(Nc1ccc(CC(=O)N2CCN(c3ncccn3)CC2)cc1)c1ccc(F)cc1F. The lowest BCUT2D eigenvalue weighted by molar-refractivity contribution is -0.130. The highest BCUT2D eigenvalue weighted by molar-refractivity contribution is 6.04. The molecule has 1 saturated heterocycles. The maximum absolute atomic E-state index is 13.8. The van der Waals surface area contributed by atoms with Gasteiger partial charge in [-0.15, -0.1) is 0 Å². The average Bonchev–Trinajstić information content (AvgIpc) is 2.81. The lowest BCUT2D eigenvalue weighted by atomic mass is 10.1. The second-order valence-corrected chi connectivity index (χ2v) is 7.37. The van der Waals surface area contributed by atoms with Gasteiger partial charge < -0.3 is 15.1 Å². The fourth-order valence-corrected chi connectivity index (χ4v) is 3.47. The van der Waals surface area contributed by atoms with Crippen LogP contribution in [0.5, 0.6) is 0 Å². The van der Waals surface area contributed by atoms with Gasteiger partial charge in [-0.2, -0.15) is 0 Å². The van der Waals surface area contributed by atoms with E-state index >= 15 is 0 Å². The molecule has 1 N–H and O–H groups in total. The first-order chi connectivity index (χ1) is 15.5. The van der Waals surface area contributed by atoms with Crippen LogP contribution in [0.25, 0.3) is 0 Å². The summed E-state index contributed by atoms with van der Waals surface area (Å²) in [6.45, 7) is 2.52. The predicted molar refractivity (Wildman–Crippen MR) is 115 cm³/mol. The first-order valence-corrected chi connectivity index (χ1v) is 10.1. The summed E-state index contributed by atoms with van der Waals surface area (Å²) >= 11 is 0. The highest BCUT2D eigenvalue weighted by Gasteiger charge is 2.22. The number of aromatic nitrogens is 2. The molecule has 0 radical (unpaired) electrons. The normalized spacial score (nSPS) is 13.7. The first-order valence-electron chi connectivity index (χ1n) is 10.1. The van der Waals surface area contributed by atoms with E-state index in [9.17, 15) is 18.4 Å². The summed E-state index contributed by atoms with van der Waals surface area (Å²) in [5.41, 5.74) is 1.01. The summed E-state index contributed by atoms with van der Waals surface area (Å²) in [5.74, 6) is -1.67. The molecule has 1 aliphatic rings. The zero-order chi connectivity index (χ0) is 22.5. The van der Waals surface area contributed by atoms with Crippen LogP contribution in [-0.2, 0) is 11.2 Å². The van der Waals surface area contributed by atoms with Gasteiger partial charge in [0.15, 0.2) is 0 Å². The summed E-state index contributed by atoms with van der Waals surface area (Å²) in [7, 11) is 0. The van der Waals surface area contributed by atoms with E-state index in [4.69, 9.17) is 0 Å². The Morgan fingerprint density at radius 2 is 1.62 bits per heavy atom. The first kappa shape index (κ1) is 21.4. The fraction of sp³-hybridized carbons (Fsp3) is 0.217. The quantitative estimate of drug-likeness (QED) is 0.664. The Hall–Kier alpha value is -3.88. The minimum Gasteiger partial charge on any atom is -0.339 e. The molecular formula is C23H21F2N5O2. The van der Waals surface area contributed by atoms with Crippen LogP contribution in [0.1, 0.15) is 15.9 Å². The van der Waals surface area contributed by atoms with Crippen molar-refractivity contribution in [2.45, 2.75) is 6.42 Å². The van der Waals surface area contributed by atoms with Crippen LogP contribution in [0, 0.1) is 11.6 Å². The van der Waals surface area contributed by atoms with Crippen LogP contribution in [0.4, 0.5) is 20.4 Å². The number of rotatable bonds is 5. The molecule has 3 aromatic rings. The number of halogens is 2. The molecule has 0 aliphatic carbocycles. The molecule has 2 aromatic carbocycles. The number of nitrogens with one attached hydrogen (secondary N) is 1. The smallest absolute Gasteiger partial charge is 0.258 e. The standard InChI is InChI=1S/C23H21F2N5O2/c24-17-4-7-19(20(25)15-17)22(32)28-18-5-2-16(3-6-18)14-21(31)29-10-12-30(13-11-29)23-26-8-1-9-27-23/h1-9,15H,10-14H2,(H,28,32). The molecule has 2 heterocycles. The number of benzene rings is 2. The molecule has 32 heavy (non-hydrogen) atoms. The number of anilines is 2. The van der Waals surface area contributed by atoms with E-state index in [1.807, 2.05) is 9.80 Å². The monoisotopic (exact) mass is 437 g/mol. The second-order valence-electron chi connectivity index (χ2n) is 7.37. The van der Waals surface area contributed by atoms with Gasteiger partial charge in [-0.05, 0) is 35.9 Å². The molecule has 7 nitrogen and oxygen atoms in total. The third kappa shape index (κ3) is 5.05. The summed E-state index contributed by atoms with van der Waals surface area (Å²) in [4.78, 5) is 37.2. The number of amides is 2. The van der Waals surface area contributed by atoms with Crippen molar-refractivity contribution in [3.63, 3.8) is 0 Å². The van der Waals surface area contributed by atoms with Gasteiger partial charge in [0.25, 0.3) is 5.91 Å². The zero-order valence-electron chi connectivity index (χ0n) is 17.2. The van der Waals surface area contributed by atoms with Crippen LogP contribution in [0.15, 0.2) is 60.9 Å². The van der Waals surface area contributed by atoms with Gasteiger partial charge in [-0.25, -0.2) is 18.7 Å². The Morgan fingerprint density at radius 3 is 2.28 bits per heavy atom. The van der Waals surface area contributed by atoms with E-state index in [2.05, 4.69) is 15.3 Å². The largest absolute Gasteiger partial charge is 0.339 e. The van der Waals surface area contributed by atoms with Gasteiger partial charge in [0.1, 0.15) is 11.6 Å². The minimum absolute atomic E-state index is 0.0174. The van der Waals surface area contributed by atoms with Crippen LogP contribution in [-0.4, -0.2) is 52.9 Å². The Kier molecular flexibility index (Phi) is 6.34. The van der Waals surface area contributed by atoms with Crippen molar-refractivity contribution in [1.29, 1.82) is 0 Å². The van der Waals surface area contributed by atoms with Crippen molar-refractivity contribution >= 4 is 23.5 Å². The van der Waals surface area contributed by atoms with Crippen LogP contribution >= 0.6 is 0 Å². The molecule has 0 atom stereocenters. The van der Waals surface area contributed by atoms with Gasteiger partial charge >= 0.3 is 0 Å². The third-order valence-electron chi connectivity index (χ3n) is 5.21. The average molecular weight is 437 g/mol. The van der Waals surface area contributed by atoms with E-state index in [1.54, 1.807) is 42.7 Å². The van der Waals surface area contributed by atoms with Crippen LogP contribution < -0.4 is 10.2 Å². The van der Waals surface area contributed by atoms with Crippen LogP contribution in [0.3, 0.4) is 0 Å². The topological polar surface area (TPSA) is 78.4 Å². The molecule has 0 saturated carbocycles. The van der Waals surface area contributed by atoms with E-state index in [0.717, 1.165) is 17.7 Å². The third-order valence-corrected chi connectivity index (χ3v) is 5.21. The van der Waals surface area contributed by atoms with Crippen molar-refractivity contribution in [3.05, 3.63) is 83.7 Å². The van der Waals surface area contributed by atoms with E-state index in [1.165, 1.54) is 0 Å². The lowest BCUT2D eigenvalue weighted by Crippen LogP contribution is -2.49. The molecule has 4 rings (SSSR count). The molecular weight excluding hydrogens is 416 g/mol. The van der Waals surface area contributed by atoms with Crippen molar-refractivity contribution in [2.75, 3.05) is 36.4 Å². The van der Waals surface area contributed by atoms with Gasteiger partial charge in [0.2, 0.25) is 11.9 Å². The van der Waals surface area contributed by atoms with Gasteiger partial charge in [-0.3, -0.25) is 9.59 Å². The summed E-state index contributed by atoms with van der Waals surface area (Å²) < 4.78 is 26.8. The highest BCUT2D eigenvalue weighted by atomic mass is 19.1. The van der Waals surface area contributed by atoms with Gasteiger partial charge in [0, 0.05) is 50.3 Å².